The lowest BCUT2D eigenvalue weighted by molar-refractivity contribution is -0.274. The van der Waals surface area contributed by atoms with Gasteiger partial charge < -0.3 is 15.4 Å². The largest absolute Gasteiger partial charge is 0.573 e. The number of alkyl halides is 3. The van der Waals surface area contributed by atoms with Crippen LogP contribution in [0.5, 0.6) is 5.75 Å². The van der Waals surface area contributed by atoms with Crippen molar-refractivity contribution in [2.24, 2.45) is 0 Å². The Labute approximate surface area is 108 Å². The van der Waals surface area contributed by atoms with Gasteiger partial charge in [-0.25, -0.2) is 0 Å². The van der Waals surface area contributed by atoms with Gasteiger partial charge in [-0.2, -0.15) is 0 Å². The summed E-state index contributed by atoms with van der Waals surface area (Å²) in [4.78, 5) is 11.2. The van der Waals surface area contributed by atoms with Crippen molar-refractivity contribution >= 4 is 24.0 Å². The molecule has 8 heteroatoms. The van der Waals surface area contributed by atoms with Gasteiger partial charge in [-0.05, 0) is 19.2 Å². The van der Waals surface area contributed by atoms with Gasteiger partial charge in [0.15, 0.2) is 5.75 Å². The highest BCUT2D eigenvalue weighted by Gasteiger charge is 2.32. The number of rotatable bonds is 4. The van der Waals surface area contributed by atoms with Crippen molar-refractivity contribution in [3.8, 4) is 5.75 Å². The second-order valence-corrected chi connectivity index (χ2v) is 3.12. The SMILES string of the molecule is CNCC(=O)Nc1ccccc1OC(F)(F)F.Cl. The molecular formula is C10H12ClF3N2O2. The topological polar surface area (TPSA) is 50.4 Å². The fourth-order valence-corrected chi connectivity index (χ4v) is 1.14. The van der Waals surface area contributed by atoms with E-state index in [9.17, 15) is 18.0 Å². The lowest BCUT2D eigenvalue weighted by atomic mass is 10.3. The normalized spacial score (nSPS) is 10.4. The average Bonchev–Trinajstić information content (AvgIpc) is 2.19. The first-order chi connectivity index (χ1) is 7.92. The van der Waals surface area contributed by atoms with E-state index >= 15 is 0 Å². The number of nitrogens with one attached hydrogen (secondary N) is 2. The minimum absolute atomic E-state index is 0. The first-order valence-corrected chi connectivity index (χ1v) is 4.71. The maximum atomic E-state index is 12.1. The summed E-state index contributed by atoms with van der Waals surface area (Å²) in [5.41, 5.74) is -0.0231. The Morgan fingerprint density at radius 3 is 2.50 bits per heavy atom. The van der Waals surface area contributed by atoms with Crippen molar-refractivity contribution in [3.05, 3.63) is 24.3 Å². The van der Waals surface area contributed by atoms with Crippen LogP contribution in [0.25, 0.3) is 0 Å². The zero-order valence-corrected chi connectivity index (χ0v) is 10.2. The Morgan fingerprint density at radius 2 is 1.94 bits per heavy atom. The number of benzene rings is 1. The van der Waals surface area contributed by atoms with Crippen molar-refractivity contribution in [3.63, 3.8) is 0 Å². The summed E-state index contributed by atoms with van der Waals surface area (Å²) < 4.78 is 40.0. The Kier molecular flexibility index (Phi) is 6.50. The summed E-state index contributed by atoms with van der Waals surface area (Å²) in [5, 5.41) is 4.89. The quantitative estimate of drug-likeness (QED) is 0.891. The summed E-state index contributed by atoms with van der Waals surface area (Å²) in [6.07, 6.45) is -4.79. The Hall–Kier alpha value is -1.47. The second-order valence-electron chi connectivity index (χ2n) is 3.12. The molecule has 0 aromatic heterocycles. The number of carbonyl (C=O) groups excluding carboxylic acids is 1. The van der Waals surface area contributed by atoms with Crippen molar-refractivity contribution in [2.75, 3.05) is 18.9 Å². The molecule has 1 rings (SSSR count). The zero-order chi connectivity index (χ0) is 12.9. The van der Waals surface area contributed by atoms with E-state index in [0.717, 1.165) is 6.07 Å². The maximum absolute atomic E-state index is 12.1. The van der Waals surface area contributed by atoms with Crippen molar-refractivity contribution in [1.82, 2.24) is 5.32 Å². The van der Waals surface area contributed by atoms with E-state index in [1.165, 1.54) is 18.2 Å². The third kappa shape index (κ3) is 5.74. The molecule has 1 aromatic carbocycles. The highest BCUT2D eigenvalue weighted by molar-refractivity contribution is 5.93. The molecule has 1 aromatic rings. The molecule has 0 fully saturated rings. The van der Waals surface area contributed by atoms with E-state index < -0.39 is 18.0 Å². The predicted octanol–water partition coefficient (Wildman–Crippen LogP) is 2.16. The van der Waals surface area contributed by atoms with Crippen LogP contribution in [0.2, 0.25) is 0 Å². The van der Waals surface area contributed by atoms with Crippen LogP contribution in [0, 0.1) is 0 Å². The summed E-state index contributed by atoms with van der Waals surface area (Å²) in [7, 11) is 1.55. The van der Waals surface area contributed by atoms with E-state index in [0.29, 0.717) is 0 Å². The van der Waals surface area contributed by atoms with Gasteiger partial charge in [-0.1, -0.05) is 12.1 Å². The highest BCUT2D eigenvalue weighted by Crippen LogP contribution is 2.29. The molecule has 0 bridgehead atoms. The van der Waals surface area contributed by atoms with Crippen LogP contribution in [-0.4, -0.2) is 25.9 Å². The number of hydrogen-bond acceptors (Lipinski definition) is 3. The van der Waals surface area contributed by atoms with Gasteiger partial charge in [-0.3, -0.25) is 4.79 Å². The van der Waals surface area contributed by atoms with E-state index in [-0.39, 0.29) is 24.6 Å². The molecule has 102 valence electrons. The number of amides is 1. The molecule has 0 heterocycles. The fourth-order valence-electron chi connectivity index (χ4n) is 1.14. The van der Waals surface area contributed by atoms with Gasteiger partial charge in [-0.15, -0.1) is 25.6 Å². The molecule has 0 aliphatic carbocycles. The van der Waals surface area contributed by atoms with Crippen LogP contribution >= 0.6 is 12.4 Å². The standard InChI is InChI=1S/C10H11F3N2O2.ClH/c1-14-6-9(16)15-7-4-2-3-5-8(7)17-10(11,12)13;/h2-5,14H,6H2,1H3,(H,15,16);1H. The minimum atomic E-state index is -4.79. The second kappa shape index (κ2) is 7.07. The van der Waals surface area contributed by atoms with Crippen LogP contribution in [-0.2, 0) is 4.79 Å². The number of ether oxygens (including phenoxy) is 1. The highest BCUT2D eigenvalue weighted by atomic mass is 35.5. The molecule has 1 amide bonds. The van der Waals surface area contributed by atoms with Crippen LogP contribution in [0.1, 0.15) is 0 Å². The smallest absolute Gasteiger partial charge is 0.404 e. The van der Waals surface area contributed by atoms with Gasteiger partial charge in [0.2, 0.25) is 5.91 Å². The van der Waals surface area contributed by atoms with E-state index in [1.807, 2.05) is 0 Å². The average molecular weight is 285 g/mol. The Balaban J connectivity index is 0.00000289. The lowest BCUT2D eigenvalue weighted by Gasteiger charge is -2.13. The van der Waals surface area contributed by atoms with Gasteiger partial charge in [0.1, 0.15) is 0 Å². The number of carbonyl (C=O) groups is 1. The van der Waals surface area contributed by atoms with Crippen LogP contribution in [0.15, 0.2) is 24.3 Å². The number of anilines is 1. The summed E-state index contributed by atoms with van der Waals surface area (Å²) in [5.74, 6) is -0.893. The molecule has 4 nitrogen and oxygen atoms in total. The molecule has 0 spiro atoms. The van der Waals surface area contributed by atoms with Gasteiger partial charge >= 0.3 is 6.36 Å². The van der Waals surface area contributed by atoms with Crippen molar-refractivity contribution in [1.29, 1.82) is 0 Å². The molecule has 0 saturated carbocycles. The van der Waals surface area contributed by atoms with Crippen LogP contribution in [0.4, 0.5) is 18.9 Å². The van der Waals surface area contributed by atoms with E-state index in [4.69, 9.17) is 0 Å². The first-order valence-electron chi connectivity index (χ1n) is 4.71. The molecule has 18 heavy (non-hydrogen) atoms. The monoisotopic (exact) mass is 284 g/mol. The molecule has 0 radical (unpaired) electrons. The number of halogens is 4. The summed E-state index contributed by atoms with van der Waals surface area (Å²) in [6, 6.07) is 5.34. The van der Waals surface area contributed by atoms with E-state index in [2.05, 4.69) is 15.4 Å². The number of para-hydroxylation sites is 2. The molecule has 0 aliphatic rings. The lowest BCUT2D eigenvalue weighted by Crippen LogP contribution is -2.26. The van der Waals surface area contributed by atoms with Crippen molar-refractivity contribution in [2.45, 2.75) is 6.36 Å². The Bertz CT molecular complexity index is 399. The van der Waals surface area contributed by atoms with Crippen LogP contribution in [0.3, 0.4) is 0 Å². The maximum Gasteiger partial charge on any atom is 0.573 e. The zero-order valence-electron chi connectivity index (χ0n) is 9.38. The van der Waals surface area contributed by atoms with Crippen molar-refractivity contribution < 1.29 is 22.7 Å². The molecule has 0 saturated heterocycles. The number of likely N-dealkylation sites (N-methyl/N-ethyl adjacent to an activating group) is 1. The molecular weight excluding hydrogens is 273 g/mol. The third-order valence-electron chi connectivity index (χ3n) is 1.72. The molecule has 0 aliphatic heterocycles. The Morgan fingerprint density at radius 1 is 1.33 bits per heavy atom. The third-order valence-corrected chi connectivity index (χ3v) is 1.72. The molecule has 2 N–H and O–H groups in total. The number of hydrogen-bond donors (Lipinski definition) is 2. The fraction of sp³-hybridized carbons (Fsp3) is 0.300. The molecule has 0 unspecified atom stereocenters. The van der Waals surface area contributed by atoms with E-state index in [1.54, 1.807) is 7.05 Å². The predicted molar refractivity (Wildman–Crippen MR) is 62.9 cm³/mol. The summed E-state index contributed by atoms with van der Waals surface area (Å²) in [6.45, 7) is 0.000349. The van der Waals surface area contributed by atoms with Crippen LogP contribution < -0.4 is 15.4 Å². The van der Waals surface area contributed by atoms with Gasteiger partial charge in [0.25, 0.3) is 0 Å². The summed E-state index contributed by atoms with van der Waals surface area (Å²) >= 11 is 0. The van der Waals surface area contributed by atoms with Gasteiger partial charge in [0.05, 0.1) is 12.2 Å². The molecule has 0 atom stereocenters. The van der Waals surface area contributed by atoms with Gasteiger partial charge in [0, 0.05) is 0 Å². The minimum Gasteiger partial charge on any atom is -0.404 e. The first kappa shape index (κ1) is 16.5.